The lowest BCUT2D eigenvalue weighted by molar-refractivity contribution is -0.253. The highest BCUT2D eigenvalue weighted by Crippen LogP contribution is 2.39. The van der Waals surface area contributed by atoms with Crippen LogP contribution in [-0.2, 0) is 32.2 Å². The van der Waals surface area contributed by atoms with Gasteiger partial charge in [0.15, 0.2) is 6.29 Å². The molecule has 0 bridgehead atoms. The van der Waals surface area contributed by atoms with Crippen LogP contribution in [0.2, 0.25) is 0 Å². The summed E-state index contributed by atoms with van der Waals surface area (Å²) in [6.45, 7) is 2.27. The van der Waals surface area contributed by atoms with E-state index < -0.39 is 6.29 Å². The Morgan fingerprint density at radius 1 is 0.796 bits per heavy atom. The molecule has 2 amide bonds. The van der Waals surface area contributed by atoms with Gasteiger partial charge in [0.1, 0.15) is 0 Å². The van der Waals surface area contributed by atoms with Crippen molar-refractivity contribution >= 4 is 23.2 Å². The number of hydrogen-bond donors (Lipinski definition) is 5. The number of ether oxygens (including phenoxy) is 2. The number of anilines is 2. The van der Waals surface area contributed by atoms with Crippen LogP contribution in [-0.4, -0.2) is 58.8 Å². The number of carbonyl (C=O) groups is 2. The molecule has 6 rings (SSSR count). The summed E-state index contributed by atoms with van der Waals surface area (Å²) in [7, 11) is 0. The minimum atomic E-state index is -0.559. The number of rotatable bonds is 17. The van der Waals surface area contributed by atoms with Crippen molar-refractivity contribution < 1.29 is 29.3 Å². The van der Waals surface area contributed by atoms with Gasteiger partial charge in [-0.15, -0.1) is 0 Å². The van der Waals surface area contributed by atoms with Crippen LogP contribution in [0.5, 0.6) is 0 Å². The van der Waals surface area contributed by atoms with Crippen LogP contribution in [0.3, 0.4) is 0 Å². The molecule has 0 aliphatic carbocycles. The lowest BCUT2D eigenvalue weighted by Crippen LogP contribution is -2.42. The number of unbranched alkanes of at least 4 members (excludes halogenated alkanes) is 3. The number of nitrogens with one attached hydrogen (secondary N) is 2. The molecule has 10 nitrogen and oxygen atoms in total. The Kier molecular flexibility index (Phi) is 14.2. The second kappa shape index (κ2) is 19.7. The van der Waals surface area contributed by atoms with Crippen LogP contribution in [0.25, 0.3) is 11.1 Å². The Hall–Kier alpha value is -4.58. The van der Waals surface area contributed by atoms with Gasteiger partial charge in [0.25, 0.3) is 0 Å². The van der Waals surface area contributed by atoms with Crippen molar-refractivity contribution in [2.75, 3.05) is 30.7 Å². The third-order valence-corrected chi connectivity index (χ3v) is 10.5. The van der Waals surface area contributed by atoms with Gasteiger partial charge in [0.05, 0.1) is 36.8 Å². The summed E-state index contributed by atoms with van der Waals surface area (Å²) >= 11 is 0. The fraction of sp³-hybridized carbons (Fsp3) is 0.409. The molecule has 0 radical (unpaired) electrons. The number of nitrogen functional groups attached to an aromatic ring is 1. The van der Waals surface area contributed by atoms with E-state index in [1.807, 2.05) is 54.6 Å². The molecule has 0 saturated carbocycles. The number of nitrogens with two attached hydrogens (primary N) is 1. The Morgan fingerprint density at radius 2 is 1.50 bits per heavy atom. The quantitative estimate of drug-likeness (QED) is 0.0575. The van der Waals surface area contributed by atoms with E-state index >= 15 is 0 Å². The molecule has 4 aromatic carbocycles. The zero-order valence-electron chi connectivity index (χ0n) is 31.0. The van der Waals surface area contributed by atoms with Crippen molar-refractivity contribution in [2.45, 2.75) is 95.5 Å². The SMILES string of the molecule is Nc1ccccc1NC(=O)CCCCCCC(=O)NCc1ccccc1-c1ccc([C@@H]2O[C@H](CN3CCC[C@H]3CO)C[C@H](c3ccc(CO)cc3)O2)cc1. The predicted molar refractivity (Wildman–Crippen MR) is 211 cm³/mol. The van der Waals surface area contributed by atoms with E-state index in [9.17, 15) is 19.8 Å². The lowest BCUT2D eigenvalue weighted by Gasteiger charge is -2.38. The van der Waals surface area contributed by atoms with E-state index in [2.05, 4.69) is 45.9 Å². The summed E-state index contributed by atoms with van der Waals surface area (Å²) in [6.07, 6.45) is 6.11. The van der Waals surface area contributed by atoms with Crippen molar-refractivity contribution in [3.63, 3.8) is 0 Å². The van der Waals surface area contributed by atoms with Crippen molar-refractivity contribution in [3.8, 4) is 11.1 Å². The molecular formula is C44H54N4O6. The zero-order chi connectivity index (χ0) is 37.7. The number of likely N-dealkylation sites (tertiary alicyclic amines) is 1. The van der Waals surface area contributed by atoms with Crippen LogP contribution in [0.1, 0.15) is 92.4 Å². The molecule has 0 unspecified atom stereocenters. The second-order valence-electron chi connectivity index (χ2n) is 14.4. The van der Waals surface area contributed by atoms with Gasteiger partial charge in [-0.25, -0.2) is 0 Å². The Labute approximate surface area is 318 Å². The first-order valence-electron chi connectivity index (χ1n) is 19.3. The largest absolute Gasteiger partial charge is 0.397 e. The van der Waals surface area contributed by atoms with Crippen LogP contribution in [0, 0.1) is 0 Å². The summed E-state index contributed by atoms with van der Waals surface area (Å²) in [5.74, 6) is -0.0395. The number of carbonyl (C=O) groups excluding carboxylic acids is 2. The van der Waals surface area contributed by atoms with E-state index in [1.54, 1.807) is 12.1 Å². The maximum atomic E-state index is 12.8. The average Bonchev–Trinajstić information content (AvgIpc) is 3.66. The smallest absolute Gasteiger partial charge is 0.224 e. The summed E-state index contributed by atoms with van der Waals surface area (Å²) in [6, 6.07) is 31.7. The van der Waals surface area contributed by atoms with E-state index in [1.165, 1.54) is 0 Å². The van der Waals surface area contributed by atoms with Gasteiger partial charge in [-0.05, 0) is 72.2 Å². The van der Waals surface area contributed by atoms with Crippen molar-refractivity contribution in [2.24, 2.45) is 0 Å². The first-order chi connectivity index (χ1) is 26.4. The van der Waals surface area contributed by atoms with Gasteiger partial charge in [-0.1, -0.05) is 97.8 Å². The van der Waals surface area contributed by atoms with Gasteiger partial charge in [-0.3, -0.25) is 14.5 Å². The molecule has 2 aliphatic heterocycles. The fourth-order valence-corrected chi connectivity index (χ4v) is 7.44. The molecule has 54 heavy (non-hydrogen) atoms. The molecule has 2 heterocycles. The minimum Gasteiger partial charge on any atom is -0.397 e. The molecule has 2 aliphatic rings. The normalized spacial score (nSPS) is 20.1. The highest BCUT2D eigenvalue weighted by molar-refractivity contribution is 5.93. The Morgan fingerprint density at radius 3 is 2.24 bits per heavy atom. The number of benzene rings is 4. The summed E-state index contributed by atoms with van der Waals surface area (Å²) in [5, 5.41) is 25.4. The predicted octanol–water partition coefficient (Wildman–Crippen LogP) is 7.03. The van der Waals surface area contributed by atoms with Gasteiger partial charge < -0.3 is 36.1 Å². The van der Waals surface area contributed by atoms with Crippen molar-refractivity contribution in [1.29, 1.82) is 0 Å². The Balaban J connectivity index is 1.01. The minimum absolute atomic E-state index is 0.00350. The molecule has 6 N–H and O–H groups in total. The van der Waals surface area contributed by atoms with Crippen molar-refractivity contribution in [1.82, 2.24) is 10.2 Å². The maximum absolute atomic E-state index is 12.8. The highest BCUT2D eigenvalue weighted by atomic mass is 16.7. The fourth-order valence-electron chi connectivity index (χ4n) is 7.44. The first-order valence-corrected chi connectivity index (χ1v) is 19.3. The van der Waals surface area contributed by atoms with Gasteiger partial charge in [-0.2, -0.15) is 0 Å². The van der Waals surface area contributed by atoms with Crippen LogP contribution < -0.4 is 16.4 Å². The van der Waals surface area contributed by atoms with Crippen LogP contribution in [0.4, 0.5) is 11.4 Å². The van der Waals surface area contributed by atoms with E-state index in [4.69, 9.17) is 15.2 Å². The van der Waals surface area contributed by atoms with E-state index in [0.717, 1.165) is 85.0 Å². The number of aliphatic hydroxyl groups excluding tert-OH is 2. The first kappa shape index (κ1) is 39.1. The average molecular weight is 735 g/mol. The van der Waals surface area contributed by atoms with Gasteiger partial charge in [0, 0.05) is 44.0 Å². The molecule has 2 saturated heterocycles. The molecule has 4 atom stereocenters. The van der Waals surface area contributed by atoms with Gasteiger partial charge >= 0.3 is 0 Å². The lowest BCUT2D eigenvalue weighted by atomic mass is 9.97. The second-order valence-corrected chi connectivity index (χ2v) is 14.4. The zero-order valence-corrected chi connectivity index (χ0v) is 31.0. The number of nitrogens with zero attached hydrogens (tertiary/aromatic N) is 1. The number of para-hydroxylation sites is 2. The molecular weight excluding hydrogens is 681 g/mol. The standard InChI is InChI=1S/C44H54N4O6/c45-39-13-7-8-14-40(39)47-43(52)16-4-2-1-3-15-42(51)46-27-35-10-5-6-12-38(35)32-21-23-34(24-22-32)44-53-37(28-48-25-9-11-36(48)30-50)26-41(54-44)33-19-17-31(29-49)18-20-33/h5-8,10,12-14,17-24,36-37,41,44,49-50H,1-4,9,11,15-16,25-30,45H2,(H,46,51)(H,47,52)/t36-,37-,41+,44+/m0/s1. The number of aliphatic hydroxyl groups is 2. The summed E-state index contributed by atoms with van der Waals surface area (Å²) in [4.78, 5) is 27.3. The maximum Gasteiger partial charge on any atom is 0.224 e. The van der Waals surface area contributed by atoms with Crippen LogP contribution in [0.15, 0.2) is 97.1 Å². The number of hydrogen-bond acceptors (Lipinski definition) is 8. The van der Waals surface area contributed by atoms with Crippen LogP contribution >= 0.6 is 0 Å². The topological polar surface area (TPSA) is 146 Å². The molecule has 0 aromatic heterocycles. The molecule has 4 aromatic rings. The third kappa shape index (κ3) is 10.8. The summed E-state index contributed by atoms with van der Waals surface area (Å²) in [5.41, 5.74) is 13.0. The third-order valence-electron chi connectivity index (χ3n) is 10.5. The molecule has 286 valence electrons. The highest BCUT2D eigenvalue weighted by Gasteiger charge is 2.35. The molecule has 0 spiro atoms. The monoisotopic (exact) mass is 734 g/mol. The van der Waals surface area contributed by atoms with E-state index in [0.29, 0.717) is 37.2 Å². The van der Waals surface area contributed by atoms with Crippen molar-refractivity contribution in [3.05, 3.63) is 119 Å². The molecule has 10 heteroatoms. The van der Waals surface area contributed by atoms with E-state index in [-0.39, 0.29) is 43.3 Å². The number of amides is 2. The molecule has 2 fully saturated rings. The Bertz CT molecular complexity index is 1800. The van der Waals surface area contributed by atoms with Gasteiger partial charge in [0.2, 0.25) is 11.8 Å². The summed E-state index contributed by atoms with van der Waals surface area (Å²) < 4.78 is 13.2.